The molecule has 0 saturated carbocycles. The average molecular weight is 516 g/mol. The molecule has 0 aliphatic carbocycles. The molecule has 12 heteroatoms. The number of thiazole rings is 1. The minimum absolute atomic E-state index is 0.0293. The van der Waals surface area contributed by atoms with Crippen molar-refractivity contribution in [1.29, 1.82) is 0 Å². The minimum Gasteiger partial charge on any atom is -0.463 e. The number of aliphatic imine (C=N–C) groups is 1. The van der Waals surface area contributed by atoms with Gasteiger partial charge in [-0.3, -0.25) is 9.18 Å². The van der Waals surface area contributed by atoms with Crippen LogP contribution in [0.2, 0.25) is 5.02 Å². The Kier molecular flexibility index (Phi) is 8.57. The number of nitrogens with zero attached hydrogens (tertiary/aromatic N) is 2. The van der Waals surface area contributed by atoms with Gasteiger partial charge in [0.25, 0.3) is 10.1 Å². The number of allylic oxidation sites excluding steroid dienone is 1. The fourth-order valence-electron chi connectivity index (χ4n) is 3.25. The third-order valence-corrected chi connectivity index (χ3v) is 6.33. The van der Waals surface area contributed by atoms with Gasteiger partial charge >= 0.3 is 5.97 Å². The molecule has 0 saturated heterocycles. The topological polar surface area (TPSA) is 107 Å². The summed E-state index contributed by atoms with van der Waals surface area (Å²) in [7, 11) is -3.53. The molecule has 2 aromatic rings. The van der Waals surface area contributed by atoms with Crippen LogP contribution in [0, 0.1) is 5.82 Å². The Hall–Kier alpha value is -2.34. The van der Waals surface area contributed by atoms with E-state index in [0.717, 1.165) is 6.26 Å². The van der Waals surface area contributed by atoms with Crippen LogP contribution in [0.3, 0.4) is 0 Å². The molecule has 8 nitrogen and oxygen atoms in total. The number of benzene rings is 1. The number of unbranched alkanes of at least 4 members (excludes halogenated alkanes) is 1. The van der Waals surface area contributed by atoms with Crippen LogP contribution in [-0.2, 0) is 23.8 Å². The van der Waals surface area contributed by atoms with Crippen LogP contribution in [0.25, 0.3) is 0 Å². The van der Waals surface area contributed by atoms with Gasteiger partial charge < -0.3 is 10.1 Å². The van der Waals surface area contributed by atoms with Crippen LogP contribution in [0.5, 0.6) is 0 Å². The fourth-order valence-corrected chi connectivity index (χ4v) is 4.53. The number of carbonyl (C=O) groups is 1. The van der Waals surface area contributed by atoms with Crippen molar-refractivity contribution in [2.75, 3.05) is 19.5 Å². The maximum absolute atomic E-state index is 13.7. The van der Waals surface area contributed by atoms with Gasteiger partial charge in [-0.25, -0.2) is 14.2 Å². The Balaban J connectivity index is 1.98. The van der Waals surface area contributed by atoms with Crippen molar-refractivity contribution in [2.45, 2.75) is 32.2 Å². The van der Waals surface area contributed by atoms with E-state index in [1.54, 1.807) is 18.5 Å². The maximum Gasteiger partial charge on any atom is 0.338 e. The lowest BCUT2D eigenvalue weighted by atomic mass is 9.93. The molecule has 1 unspecified atom stereocenters. The number of ether oxygens (including phenoxy) is 1. The van der Waals surface area contributed by atoms with Crippen LogP contribution in [-0.4, -0.2) is 44.7 Å². The Bertz CT molecular complexity index is 1170. The van der Waals surface area contributed by atoms with E-state index in [1.807, 2.05) is 0 Å². The molecule has 0 bridgehead atoms. The second kappa shape index (κ2) is 11.2. The van der Waals surface area contributed by atoms with Gasteiger partial charge in [-0.1, -0.05) is 17.7 Å². The zero-order valence-corrected chi connectivity index (χ0v) is 20.4. The van der Waals surface area contributed by atoms with Gasteiger partial charge in [-0.15, -0.1) is 11.3 Å². The molecular formula is C21H23ClFN3O5S2. The number of nitrogens with one attached hydrogen (secondary N) is 1. The summed E-state index contributed by atoms with van der Waals surface area (Å²) in [5, 5.41) is 5.72. The summed E-state index contributed by atoms with van der Waals surface area (Å²) in [4.78, 5) is 21.9. The quantitative estimate of drug-likeness (QED) is 0.289. The normalized spacial score (nSPS) is 16.4. The number of hydrogen-bond acceptors (Lipinski definition) is 9. The molecule has 0 amide bonds. The lowest BCUT2D eigenvalue weighted by Crippen LogP contribution is -2.34. The van der Waals surface area contributed by atoms with E-state index in [0.29, 0.717) is 41.4 Å². The van der Waals surface area contributed by atoms with Crippen molar-refractivity contribution in [2.24, 2.45) is 4.99 Å². The molecule has 1 aromatic heterocycles. The first kappa shape index (κ1) is 25.3. The van der Waals surface area contributed by atoms with Gasteiger partial charge in [0.1, 0.15) is 11.9 Å². The molecule has 0 fully saturated rings. The molecule has 1 N–H and O–H groups in total. The lowest BCUT2D eigenvalue weighted by Gasteiger charge is -2.27. The van der Waals surface area contributed by atoms with E-state index in [4.69, 9.17) is 20.5 Å². The Labute approximate surface area is 200 Å². The Morgan fingerprint density at radius 2 is 2.12 bits per heavy atom. The minimum atomic E-state index is -3.53. The molecule has 0 radical (unpaired) electrons. The predicted molar refractivity (Wildman–Crippen MR) is 124 cm³/mol. The monoisotopic (exact) mass is 515 g/mol. The summed E-state index contributed by atoms with van der Waals surface area (Å²) in [6.45, 7) is 1.88. The van der Waals surface area contributed by atoms with Crippen molar-refractivity contribution in [3.8, 4) is 0 Å². The smallest absolute Gasteiger partial charge is 0.338 e. The second-order valence-electron chi connectivity index (χ2n) is 7.10. The third-order valence-electron chi connectivity index (χ3n) is 4.63. The number of aromatic nitrogens is 1. The zero-order valence-electron chi connectivity index (χ0n) is 18.0. The molecule has 1 atom stereocenters. The first-order valence-corrected chi connectivity index (χ1v) is 13.2. The van der Waals surface area contributed by atoms with Gasteiger partial charge in [0.2, 0.25) is 0 Å². The summed E-state index contributed by atoms with van der Waals surface area (Å²) in [6, 6.07) is 3.09. The predicted octanol–water partition coefficient (Wildman–Crippen LogP) is 3.99. The van der Waals surface area contributed by atoms with E-state index in [1.165, 1.54) is 29.5 Å². The zero-order chi connectivity index (χ0) is 24.0. The summed E-state index contributed by atoms with van der Waals surface area (Å²) >= 11 is 7.69. The molecule has 1 aromatic carbocycles. The van der Waals surface area contributed by atoms with Gasteiger partial charge in [0.05, 0.1) is 25.0 Å². The van der Waals surface area contributed by atoms with Crippen LogP contribution < -0.4 is 5.32 Å². The largest absolute Gasteiger partial charge is 0.463 e. The highest BCUT2D eigenvalue weighted by atomic mass is 35.5. The van der Waals surface area contributed by atoms with Crippen molar-refractivity contribution in [3.63, 3.8) is 0 Å². The molecular weight excluding hydrogens is 493 g/mol. The van der Waals surface area contributed by atoms with Crippen molar-refractivity contribution in [1.82, 2.24) is 10.3 Å². The number of halogens is 2. The van der Waals surface area contributed by atoms with Crippen LogP contribution in [0.4, 0.5) is 4.39 Å². The SMILES string of the molecule is CCOC(=O)C1=C(CCCCOS(C)(=O)=O)NC(c2nccs2)=NC1c1ccc(F)cc1Cl. The molecule has 33 heavy (non-hydrogen) atoms. The summed E-state index contributed by atoms with van der Waals surface area (Å²) < 4.78 is 46.1. The number of amidine groups is 1. The van der Waals surface area contributed by atoms with E-state index < -0.39 is 27.9 Å². The van der Waals surface area contributed by atoms with Gasteiger partial charge in [0, 0.05) is 27.9 Å². The average Bonchev–Trinajstić information content (AvgIpc) is 3.27. The summed E-state index contributed by atoms with van der Waals surface area (Å²) in [5.41, 5.74) is 1.27. The molecule has 3 rings (SSSR count). The van der Waals surface area contributed by atoms with Crippen molar-refractivity contribution >= 4 is 44.9 Å². The van der Waals surface area contributed by atoms with Gasteiger partial charge in [-0.2, -0.15) is 8.42 Å². The van der Waals surface area contributed by atoms with Crippen LogP contribution in [0.1, 0.15) is 42.8 Å². The van der Waals surface area contributed by atoms with Crippen molar-refractivity contribution < 1.29 is 26.5 Å². The van der Waals surface area contributed by atoms with Crippen LogP contribution >= 0.6 is 22.9 Å². The highest BCUT2D eigenvalue weighted by Crippen LogP contribution is 2.37. The summed E-state index contributed by atoms with van der Waals surface area (Å²) in [5.74, 6) is -0.625. The van der Waals surface area contributed by atoms with Crippen LogP contribution in [0.15, 0.2) is 46.0 Å². The number of hydrogen-bond donors (Lipinski definition) is 1. The Morgan fingerprint density at radius 3 is 2.76 bits per heavy atom. The highest BCUT2D eigenvalue weighted by molar-refractivity contribution is 7.85. The molecule has 1 aliphatic heterocycles. The molecule has 0 spiro atoms. The van der Waals surface area contributed by atoms with E-state index >= 15 is 0 Å². The first-order valence-electron chi connectivity index (χ1n) is 10.1. The third kappa shape index (κ3) is 6.83. The highest BCUT2D eigenvalue weighted by Gasteiger charge is 2.33. The standard InChI is InChI=1S/C21H23ClFN3O5S2/c1-3-30-21(27)17-16(6-4-5-10-31-33(2,28)29)25-19(20-24-9-11-32-20)26-18(17)14-8-7-13(23)12-15(14)22/h7-9,11-12,18H,3-6,10H2,1-2H3,(H,25,26). The van der Waals surface area contributed by atoms with Gasteiger partial charge in [-0.05, 0) is 38.3 Å². The summed E-state index contributed by atoms with van der Waals surface area (Å²) in [6.07, 6.45) is 3.98. The molecule has 178 valence electrons. The fraction of sp³-hybridized carbons (Fsp3) is 0.381. The number of esters is 1. The van der Waals surface area contributed by atoms with Gasteiger partial charge in [0.15, 0.2) is 10.8 Å². The number of carbonyl (C=O) groups excluding carboxylic acids is 1. The lowest BCUT2D eigenvalue weighted by molar-refractivity contribution is -0.139. The maximum atomic E-state index is 13.7. The molecule has 2 heterocycles. The van der Waals surface area contributed by atoms with E-state index in [2.05, 4.69) is 15.3 Å². The Morgan fingerprint density at radius 1 is 1.33 bits per heavy atom. The number of rotatable bonds is 10. The van der Waals surface area contributed by atoms with E-state index in [-0.39, 0.29) is 23.8 Å². The van der Waals surface area contributed by atoms with E-state index in [9.17, 15) is 17.6 Å². The second-order valence-corrected chi connectivity index (χ2v) is 10.0. The molecule has 1 aliphatic rings. The first-order chi connectivity index (χ1) is 15.7. The van der Waals surface area contributed by atoms with Crippen molar-refractivity contribution in [3.05, 3.63) is 62.5 Å².